The molecule has 6 nitrogen and oxygen atoms in total. The van der Waals surface area contributed by atoms with Gasteiger partial charge < -0.3 is 4.74 Å². The summed E-state index contributed by atoms with van der Waals surface area (Å²) < 4.78 is 5.14. The number of imide groups is 1. The minimum Gasteiger partial charge on any atom is -0.454 e. The molecule has 2 aromatic carbocycles. The number of amides is 2. The van der Waals surface area contributed by atoms with E-state index in [1.807, 2.05) is 0 Å². The maximum atomic E-state index is 13.2. The zero-order valence-electron chi connectivity index (χ0n) is 17.2. The average Bonchev–Trinajstić information content (AvgIpc) is 3.61. The van der Waals surface area contributed by atoms with Gasteiger partial charge in [-0.3, -0.25) is 19.3 Å². The van der Waals surface area contributed by atoms with E-state index in [-0.39, 0.29) is 53.4 Å². The fourth-order valence-electron chi connectivity index (χ4n) is 5.88. The van der Waals surface area contributed by atoms with Gasteiger partial charge in [-0.05, 0) is 54.4 Å². The van der Waals surface area contributed by atoms with Gasteiger partial charge in [-0.15, -0.1) is 0 Å². The molecule has 6 atom stereocenters. The number of carbonyl (C=O) groups excluding carboxylic acids is 4. The SMILES string of the molecule is O=C(COC(=O)c1ccc(N2C(=O)[C@@H]3[C@@H]4C=C[C@H]([C@H]5C[C@H]45)[C@H]3C2=O)cc1)c1ccccc1. The van der Waals surface area contributed by atoms with Crippen LogP contribution in [-0.2, 0) is 14.3 Å². The Morgan fingerprint density at radius 2 is 1.41 bits per heavy atom. The Balaban J connectivity index is 1.15. The van der Waals surface area contributed by atoms with Crippen molar-refractivity contribution in [1.82, 2.24) is 0 Å². The molecule has 0 aromatic heterocycles. The number of carbonyl (C=O) groups is 4. The Hall–Kier alpha value is -3.54. The molecule has 5 aliphatic rings. The monoisotopic (exact) mass is 427 g/mol. The predicted molar refractivity (Wildman–Crippen MR) is 115 cm³/mol. The summed E-state index contributed by atoms with van der Waals surface area (Å²) in [6.07, 6.45) is 5.41. The van der Waals surface area contributed by atoms with E-state index in [2.05, 4.69) is 12.2 Å². The van der Waals surface area contributed by atoms with Gasteiger partial charge in [0.2, 0.25) is 11.8 Å². The molecule has 0 spiro atoms. The molecule has 0 radical (unpaired) electrons. The van der Waals surface area contributed by atoms with Crippen molar-refractivity contribution in [1.29, 1.82) is 0 Å². The average molecular weight is 427 g/mol. The lowest BCUT2D eigenvalue weighted by atomic mass is 9.63. The van der Waals surface area contributed by atoms with Crippen LogP contribution in [0.2, 0.25) is 0 Å². The molecule has 2 amide bonds. The van der Waals surface area contributed by atoms with Crippen molar-refractivity contribution >= 4 is 29.3 Å². The van der Waals surface area contributed by atoms with Crippen LogP contribution in [0.5, 0.6) is 0 Å². The summed E-state index contributed by atoms with van der Waals surface area (Å²) in [5, 5.41) is 0. The van der Waals surface area contributed by atoms with Crippen LogP contribution in [0.4, 0.5) is 5.69 Å². The quantitative estimate of drug-likeness (QED) is 0.317. The number of ether oxygens (including phenoxy) is 1. The fourth-order valence-corrected chi connectivity index (χ4v) is 5.88. The van der Waals surface area contributed by atoms with Crippen LogP contribution in [0.3, 0.4) is 0 Å². The van der Waals surface area contributed by atoms with Crippen LogP contribution < -0.4 is 4.90 Å². The Labute approximate surface area is 184 Å². The van der Waals surface area contributed by atoms with E-state index in [0.29, 0.717) is 23.1 Å². The van der Waals surface area contributed by atoms with Crippen molar-refractivity contribution in [3.05, 3.63) is 77.9 Å². The largest absolute Gasteiger partial charge is 0.454 e. The van der Waals surface area contributed by atoms with E-state index < -0.39 is 5.97 Å². The third-order valence-electron chi connectivity index (χ3n) is 7.45. The summed E-state index contributed by atoms with van der Waals surface area (Å²) in [4.78, 5) is 52.1. The Bertz CT molecular complexity index is 1130. The standard InChI is InChI=1S/C26H21NO5/c28-21(14-4-2-1-3-5-14)13-32-26(31)15-6-8-16(9-7-15)27-24(29)22-17-10-11-18(20-12-19(17)20)23(22)25(27)30/h1-11,17-20,22-23H,12-13H2/t17-,18-,19-,20-,22-,23-/m1/s1. The summed E-state index contributed by atoms with van der Waals surface area (Å²) in [6, 6.07) is 14.9. The van der Waals surface area contributed by atoms with Crippen LogP contribution in [0.1, 0.15) is 27.1 Å². The molecule has 1 aliphatic heterocycles. The number of hydrogen-bond acceptors (Lipinski definition) is 5. The number of ketones is 1. The lowest BCUT2D eigenvalue weighted by Crippen LogP contribution is -2.40. The van der Waals surface area contributed by atoms with Crippen molar-refractivity contribution in [3.8, 4) is 0 Å². The summed E-state index contributed by atoms with van der Waals surface area (Å²) in [5.74, 6) is -0.228. The van der Waals surface area contributed by atoms with Gasteiger partial charge >= 0.3 is 5.97 Å². The van der Waals surface area contributed by atoms with Crippen LogP contribution >= 0.6 is 0 Å². The molecule has 4 aliphatic carbocycles. The van der Waals surface area contributed by atoms with Gasteiger partial charge in [-0.25, -0.2) is 4.79 Å². The summed E-state index contributed by atoms with van der Waals surface area (Å²) >= 11 is 0. The molecule has 32 heavy (non-hydrogen) atoms. The normalized spacial score (nSPS) is 31.3. The first-order valence-corrected chi connectivity index (χ1v) is 11.0. The van der Waals surface area contributed by atoms with E-state index in [1.54, 1.807) is 42.5 Å². The zero-order chi connectivity index (χ0) is 22.0. The second-order valence-corrected chi connectivity index (χ2v) is 9.08. The third kappa shape index (κ3) is 2.79. The number of allylic oxidation sites excluding steroid dienone is 2. The third-order valence-corrected chi connectivity index (χ3v) is 7.45. The molecule has 2 saturated carbocycles. The molecule has 6 heteroatoms. The smallest absolute Gasteiger partial charge is 0.338 e. The summed E-state index contributed by atoms with van der Waals surface area (Å²) in [5.41, 5.74) is 1.21. The van der Waals surface area contributed by atoms with Gasteiger partial charge in [-0.2, -0.15) is 0 Å². The molecular weight excluding hydrogens is 406 g/mol. The summed E-state index contributed by atoms with van der Waals surface area (Å²) in [6.45, 7) is -0.352. The Morgan fingerprint density at radius 3 is 2.00 bits per heavy atom. The molecule has 2 bridgehead atoms. The molecule has 1 saturated heterocycles. The van der Waals surface area contributed by atoms with Crippen LogP contribution in [0.15, 0.2) is 66.7 Å². The molecule has 0 unspecified atom stereocenters. The van der Waals surface area contributed by atoms with Gasteiger partial charge in [0, 0.05) is 5.56 Å². The van der Waals surface area contributed by atoms with Crippen molar-refractivity contribution in [2.24, 2.45) is 35.5 Å². The van der Waals surface area contributed by atoms with Crippen molar-refractivity contribution < 1.29 is 23.9 Å². The van der Waals surface area contributed by atoms with Crippen molar-refractivity contribution in [2.75, 3.05) is 11.5 Å². The van der Waals surface area contributed by atoms with Crippen LogP contribution in [0.25, 0.3) is 0 Å². The van der Waals surface area contributed by atoms with Gasteiger partial charge in [0.25, 0.3) is 0 Å². The first-order chi connectivity index (χ1) is 15.5. The number of rotatable bonds is 5. The molecular formula is C26H21NO5. The zero-order valence-corrected chi connectivity index (χ0v) is 17.2. The summed E-state index contributed by atoms with van der Waals surface area (Å²) in [7, 11) is 0. The second-order valence-electron chi connectivity index (χ2n) is 9.08. The number of nitrogens with zero attached hydrogens (tertiary/aromatic N) is 1. The van der Waals surface area contributed by atoms with Gasteiger partial charge in [0.05, 0.1) is 23.1 Å². The minimum absolute atomic E-state index is 0.131. The van der Waals surface area contributed by atoms with Gasteiger partial charge in [-0.1, -0.05) is 42.5 Å². The number of esters is 1. The Morgan fingerprint density at radius 1 is 0.812 bits per heavy atom. The number of benzene rings is 2. The maximum absolute atomic E-state index is 13.2. The number of Topliss-reactive ketones (excluding diaryl/α,β-unsaturated/α-hetero) is 1. The molecule has 3 fully saturated rings. The first-order valence-electron chi connectivity index (χ1n) is 11.0. The van der Waals surface area contributed by atoms with E-state index in [1.165, 1.54) is 17.0 Å². The molecule has 2 aromatic rings. The second kappa shape index (κ2) is 6.99. The first kappa shape index (κ1) is 19.2. The molecule has 1 heterocycles. The van der Waals surface area contributed by atoms with E-state index >= 15 is 0 Å². The highest BCUT2D eigenvalue weighted by molar-refractivity contribution is 6.22. The molecule has 7 rings (SSSR count). The highest BCUT2D eigenvalue weighted by atomic mass is 16.5. The highest BCUT2D eigenvalue weighted by Gasteiger charge is 2.67. The van der Waals surface area contributed by atoms with Gasteiger partial charge in [0.1, 0.15) is 0 Å². The molecule has 160 valence electrons. The lowest BCUT2D eigenvalue weighted by molar-refractivity contribution is -0.124. The maximum Gasteiger partial charge on any atom is 0.338 e. The fraction of sp³-hybridized carbons (Fsp3) is 0.308. The van der Waals surface area contributed by atoms with Crippen molar-refractivity contribution in [2.45, 2.75) is 6.42 Å². The van der Waals surface area contributed by atoms with Gasteiger partial charge in [0.15, 0.2) is 12.4 Å². The minimum atomic E-state index is -0.629. The van der Waals surface area contributed by atoms with Crippen LogP contribution in [0, 0.1) is 35.5 Å². The predicted octanol–water partition coefficient (Wildman–Crippen LogP) is 3.28. The number of hydrogen-bond donors (Lipinski definition) is 0. The van der Waals surface area contributed by atoms with Crippen molar-refractivity contribution in [3.63, 3.8) is 0 Å². The van der Waals surface area contributed by atoms with E-state index in [0.717, 1.165) is 6.42 Å². The highest BCUT2D eigenvalue weighted by Crippen LogP contribution is 2.65. The Kier molecular flexibility index (Phi) is 4.18. The van der Waals surface area contributed by atoms with E-state index in [4.69, 9.17) is 4.74 Å². The topological polar surface area (TPSA) is 80.8 Å². The number of anilines is 1. The molecule has 0 N–H and O–H groups in total. The van der Waals surface area contributed by atoms with Crippen LogP contribution in [-0.4, -0.2) is 30.2 Å². The lowest BCUT2D eigenvalue weighted by Gasteiger charge is -2.37. The van der Waals surface area contributed by atoms with E-state index in [9.17, 15) is 19.2 Å².